The number of amides is 4. The van der Waals surface area contributed by atoms with Gasteiger partial charge in [0.15, 0.2) is 11.5 Å². The van der Waals surface area contributed by atoms with E-state index in [0.29, 0.717) is 6.42 Å². The van der Waals surface area contributed by atoms with Gasteiger partial charge >= 0.3 is 0 Å². The second kappa shape index (κ2) is 12.6. The minimum absolute atomic E-state index is 0.102. The van der Waals surface area contributed by atoms with Gasteiger partial charge in [0.2, 0.25) is 17.6 Å². The second-order valence-electron chi connectivity index (χ2n) is 9.01. The van der Waals surface area contributed by atoms with Crippen molar-refractivity contribution in [3.8, 4) is 0 Å². The largest absolute Gasteiger partial charge is 0.382 e. The molecule has 14 heteroatoms. The molecule has 36 heavy (non-hydrogen) atoms. The van der Waals surface area contributed by atoms with Crippen molar-refractivity contribution < 1.29 is 42.7 Å². The highest BCUT2D eigenvalue weighted by molar-refractivity contribution is 6.00. The van der Waals surface area contributed by atoms with Crippen LogP contribution < -0.4 is 21.7 Å². The number of nitrogens with one attached hydrogen (secondary N) is 3. The molecule has 4 atom stereocenters. The van der Waals surface area contributed by atoms with E-state index in [1.807, 2.05) is 13.8 Å². The Balaban J connectivity index is 2.10. The minimum atomic E-state index is -1.24. The number of ether oxygens (including phenoxy) is 3. The summed E-state index contributed by atoms with van der Waals surface area (Å²) in [7, 11) is 2.66. The molecular weight excluding hydrogens is 478 g/mol. The third kappa shape index (κ3) is 7.83. The molecule has 0 saturated carbocycles. The molecule has 1 aliphatic heterocycles. The zero-order chi connectivity index (χ0) is 27.0. The number of carbonyl (C=O) groups is 5. The van der Waals surface area contributed by atoms with Gasteiger partial charge < -0.3 is 40.4 Å². The summed E-state index contributed by atoms with van der Waals surface area (Å²) in [5.41, 5.74) is 3.86. The Bertz CT molecular complexity index is 973. The van der Waals surface area contributed by atoms with Crippen LogP contribution in [-0.4, -0.2) is 92.3 Å². The van der Waals surface area contributed by atoms with Gasteiger partial charge in [0.05, 0.1) is 25.9 Å². The quantitative estimate of drug-likeness (QED) is 0.201. The summed E-state index contributed by atoms with van der Waals surface area (Å²) in [6.45, 7) is 5.31. The number of epoxide rings is 1. The Hall–Kier alpha value is -3.36. The summed E-state index contributed by atoms with van der Waals surface area (Å²) in [5, 5.41) is 11.0. The monoisotopic (exact) mass is 511 g/mol. The summed E-state index contributed by atoms with van der Waals surface area (Å²) in [5.74, 6) is -3.64. The van der Waals surface area contributed by atoms with Gasteiger partial charge in [0, 0.05) is 20.3 Å². The average Bonchev–Trinajstić information content (AvgIpc) is 3.35. The van der Waals surface area contributed by atoms with Crippen LogP contribution in [0.2, 0.25) is 0 Å². The van der Waals surface area contributed by atoms with Crippen LogP contribution in [0.25, 0.3) is 0 Å². The van der Waals surface area contributed by atoms with Crippen LogP contribution in [0.15, 0.2) is 10.6 Å². The van der Waals surface area contributed by atoms with Crippen molar-refractivity contribution in [3.05, 3.63) is 17.5 Å². The van der Waals surface area contributed by atoms with E-state index < -0.39 is 47.4 Å². The van der Waals surface area contributed by atoms with Gasteiger partial charge in [-0.25, -0.2) is 0 Å². The molecule has 1 aromatic heterocycles. The molecular formula is C22H33N5O9. The van der Waals surface area contributed by atoms with Crippen LogP contribution in [0.5, 0.6) is 0 Å². The number of rotatable bonds is 15. The Kier molecular flexibility index (Phi) is 10.1. The number of Topliss-reactive ketones (excluding diaryl/α,β-unsaturated/α-hetero) is 1. The number of nitrogens with two attached hydrogens (primary N) is 1. The van der Waals surface area contributed by atoms with E-state index in [4.69, 9.17) is 19.9 Å². The number of methoxy groups -OCH3 is 2. The standard InChI is InChI=1S/C22H33N5O9/c1-11(2)6-12(17(28)22(3)10-35-22)24-20(31)14(8-33-4)26-21(32)15(9-34-5)25-19(30)13-7-16(18(23)29)36-27-13/h7,11-12,14-15H,6,8-10H2,1-5H3,(H2,23,29)(H,24,31)(H,25,30)(H,26,32). The number of nitrogens with zero attached hydrogens (tertiary/aromatic N) is 1. The summed E-state index contributed by atoms with van der Waals surface area (Å²) >= 11 is 0. The molecule has 0 bridgehead atoms. The Morgan fingerprint density at radius 2 is 1.56 bits per heavy atom. The zero-order valence-electron chi connectivity index (χ0n) is 20.9. The van der Waals surface area contributed by atoms with Gasteiger partial charge in [-0.05, 0) is 19.3 Å². The predicted octanol–water partition coefficient (Wildman–Crippen LogP) is -1.46. The Labute approximate surface area is 207 Å². The maximum absolute atomic E-state index is 13.0. The number of aromatic nitrogens is 1. The maximum Gasteiger partial charge on any atom is 0.287 e. The highest BCUT2D eigenvalue weighted by Gasteiger charge is 2.50. The fourth-order valence-corrected chi connectivity index (χ4v) is 3.30. The molecule has 0 spiro atoms. The first-order valence-corrected chi connectivity index (χ1v) is 11.3. The first kappa shape index (κ1) is 28.9. The number of carbonyl (C=O) groups excluding carboxylic acids is 5. The highest BCUT2D eigenvalue weighted by atomic mass is 16.6. The Morgan fingerprint density at radius 3 is 2.00 bits per heavy atom. The summed E-state index contributed by atoms with van der Waals surface area (Å²) in [6.07, 6.45) is 0.379. The molecule has 14 nitrogen and oxygen atoms in total. The normalized spacial score (nSPS) is 19.2. The van der Waals surface area contributed by atoms with Crippen molar-refractivity contribution in [2.45, 2.75) is 50.9 Å². The van der Waals surface area contributed by atoms with Gasteiger partial charge in [-0.3, -0.25) is 24.0 Å². The van der Waals surface area contributed by atoms with Crippen LogP contribution in [0.4, 0.5) is 0 Å². The first-order valence-electron chi connectivity index (χ1n) is 11.3. The van der Waals surface area contributed by atoms with Crippen LogP contribution in [-0.2, 0) is 28.6 Å². The molecule has 5 N–H and O–H groups in total. The van der Waals surface area contributed by atoms with Crippen molar-refractivity contribution >= 4 is 29.4 Å². The predicted molar refractivity (Wildman–Crippen MR) is 123 cm³/mol. The van der Waals surface area contributed by atoms with E-state index in [1.165, 1.54) is 14.2 Å². The van der Waals surface area contributed by atoms with E-state index in [0.717, 1.165) is 6.07 Å². The van der Waals surface area contributed by atoms with Crippen molar-refractivity contribution in [3.63, 3.8) is 0 Å². The van der Waals surface area contributed by atoms with E-state index in [9.17, 15) is 24.0 Å². The molecule has 2 rings (SSSR count). The molecule has 200 valence electrons. The number of hydrogen-bond donors (Lipinski definition) is 4. The molecule has 0 aromatic carbocycles. The Morgan fingerprint density at radius 1 is 1.03 bits per heavy atom. The molecule has 4 unspecified atom stereocenters. The van der Waals surface area contributed by atoms with Crippen LogP contribution >= 0.6 is 0 Å². The lowest BCUT2D eigenvalue weighted by atomic mass is 9.93. The first-order chi connectivity index (χ1) is 16.9. The van der Waals surface area contributed by atoms with Crippen molar-refractivity contribution in [1.29, 1.82) is 0 Å². The number of ketones is 1. The minimum Gasteiger partial charge on any atom is -0.382 e. The lowest BCUT2D eigenvalue weighted by molar-refractivity contribution is -0.134. The number of hydrogen-bond acceptors (Lipinski definition) is 10. The average molecular weight is 512 g/mol. The van der Waals surface area contributed by atoms with Crippen molar-refractivity contribution in [2.24, 2.45) is 11.7 Å². The van der Waals surface area contributed by atoms with Crippen LogP contribution in [0.3, 0.4) is 0 Å². The maximum atomic E-state index is 13.0. The molecule has 0 aliphatic carbocycles. The van der Waals surface area contributed by atoms with Gasteiger partial charge in [-0.15, -0.1) is 0 Å². The topological polar surface area (TPSA) is 204 Å². The fourth-order valence-electron chi connectivity index (χ4n) is 3.30. The van der Waals surface area contributed by atoms with E-state index in [2.05, 4.69) is 25.6 Å². The second-order valence-corrected chi connectivity index (χ2v) is 9.01. The zero-order valence-corrected chi connectivity index (χ0v) is 20.9. The molecule has 1 aromatic rings. The third-order valence-electron chi connectivity index (χ3n) is 5.35. The molecule has 0 radical (unpaired) electrons. The molecule has 1 saturated heterocycles. The molecule has 4 amide bonds. The van der Waals surface area contributed by atoms with Crippen molar-refractivity contribution in [2.75, 3.05) is 34.0 Å². The van der Waals surface area contributed by atoms with Gasteiger partial charge in [-0.1, -0.05) is 19.0 Å². The molecule has 1 aliphatic rings. The highest BCUT2D eigenvalue weighted by Crippen LogP contribution is 2.29. The van der Waals surface area contributed by atoms with Gasteiger partial charge in [0.1, 0.15) is 17.7 Å². The van der Waals surface area contributed by atoms with Gasteiger partial charge in [-0.2, -0.15) is 0 Å². The SMILES string of the molecule is COCC(NC(=O)c1cc(C(N)=O)on1)C(=O)NC(COC)C(=O)NC(CC(C)C)C(=O)C1(C)CO1. The van der Waals surface area contributed by atoms with Crippen molar-refractivity contribution in [1.82, 2.24) is 21.1 Å². The van der Waals surface area contributed by atoms with Crippen LogP contribution in [0.1, 0.15) is 48.2 Å². The van der Waals surface area contributed by atoms with Crippen LogP contribution in [0, 0.1) is 5.92 Å². The number of primary amides is 1. The van der Waals surface area contributed by atoms with E-state index >= 15 is 0 Å². The smallest absolute Gasteiger partial charge is 0.287 e. The lowest BCUT2D eigenvalue weighted by Crippen LogP contribution is -2.58. The molecule has 2 heterocycles. The summed E-state index contributed by atoms with van der Waals surface area (Å²) in [4.78, 5) is 62.4. The third-order valence-corrected chi connectivity index (χ3v) is 5.35. The fraction of sp³-hybridized carbons (Fsp3) is 0.636. The summed E-state index contributed by atoms with van der Waals surface area (Å²) in [6, 6.07) is -2.21. The van der Waals surface area contributed by atoms with E-state index in [1.54, 1.807) is 6.92 Å². The lowest BCUT2D eigenvalue weighted by Gasteiger charge is -2.26. The molecule has 1 fully saturated rings. The van der Waals surface area contributed by atoms with E-state index in [-0.39, 0.29) is 43.0 Å². The summed E-state index contributed by atoms with van der Waals surface area (Å²) < 4.78 is 20.0. The van der Waals surface area contributed by atoms with Gasteiger partial charge in [0.25, 0.3) is 11.8 Å².